The van der Waals surface area contributed by atoms with Crippen molar-refractivity contribution in [3.8, 4) is 39.1 Å². The molecule has 9 aromatic carbocycles. The lowest BCUT2D eigenvalue weighted by atomic mass is 9.99. The van der Waals surface area contributed by atoms with Crippen LogP contribution in [0.3, 0.4) is 0 Å². The molecule has 0 unspecified atom stereocenters. The Hall–Kier alpha value is -7.20. The second-order valence-electron chi connectivity index (χ2n) is 14.4. The van der Waals surface area contributed by atoms with Crippen LogP contribution in [0.4, 0.5) is 17.1 Å². The van der Waals surface area contributed by atoms with Gasteiger partial charge in [0.1, 0.15) is 0 Å². The van der Waals surface area contributed by atoms with E-state index in [1.54, 1.807) is 11.3 Å². The average molecular weight is 747 g/mol. The van der Waals surface area contributed by atoms with Crippen molar-refractivity contribution in [1.82, 2.24) is 4.57 Å². The number of nitrogens with zero attached hydrogens (tertiary/aromatic N) is 2. The Morgan fingerprint density at radius 1 is 0.404 bits per heavy atom. The molecule has 2 nitrogen and oxygen atoms in total. The van der Waals surface area contributed by atoms with Gasteiger partial charge in [-0.2, -0.15) is 0 Å². The van der Waals surface area contributed by atoms with Crippen LogP contribution in [0.15, 0.2) is 218 Å². The van der Waals surface area contributed by atoms with Crippen molar-refractivity contribution in [2.24, 2.45) is 0 Å². The SMILES string of the molecule is [2H]c1ccc2c(c1)c1cc(-c3ccc(N(c4ccc(-c5ccccc5)cc4)c4ccc(-c5cccc6sc7c([2H])cccc7c56)cc4)cc3)ccc1n2-c1ccccc1. The molecule has 2 aromatic heterocycles. The maximum atomic E-state index is 8.53. The van der Waals surface area contributed by atoms with Crippen LogP contribution in [0.2, 0.25) is 0 Å². The lowest BCUT2D eigenvalue weighted by molar-refractivity contribution is 1.18. The summed E-state index contributed by atoms with van der Waals surface area (Å²) >= 11 is 1.70. The van der Waals surface area contributed by atoms with Gasteiger partial charge in [0, 0.05) is 53.7 Å². The molecule has 0 fully saturated rings. The molecule has 0 bridgehead atoms. The summed E-state index contributed by atoms with van der Waals surface area (Å²) in [5, 5.41) is 4.56. The molecule has 0 aliphatic rings. The van der Waals surface area contributed by atoms with Crippen LogP contribution in [0.5, 0.6) is 0 Å². The highest BCUT2D eigenvalue weighted by atomic mass is 32.1. The molecule has 57 heavy (non-hydrogen) atoms. The van der Waals surface area contributed by atoms with Gasteiger partial charge in [0.25, 0.3) is 0 Å². The van der Waals surface area contributed by atoms with Gasteiger partial charge in [-0.25, -0.2) is 0 Å². The molecular weight excluding hydrogens is 709 g/mol. The third-order valence-electron chi connectivity index (χ3n) is 11.1. The van der Waals surface area contributed by atoms with E-state index in [-0.39, 0.29) is 0 Å². The number of benzene rings is 9. The number of anilines is 3. The van der Waals surface area contributed by atoms with E-state index in [1.807, 2.05) is 30.3 Å². The Bertz CT molecular complexity index is 3320. The molecule has 0 aliphatic carbocycles. The number of aromatic nitrogens is 1. The number of para-hydroxylation sites is 2. The van der Waals surface area contributed by atoms with Crippen LogP contribution in [0, 0.1) is 0 Å². The first-order valence-electron chi connectivity index (χ1n) is 20.2. The summed E-state index contributed by atoms with van der Waals surface area (Å²) in [4.78, 5) is 2.32. The summed E-state index contributed by atoms with van der Waals surface area (Å²) < 4.78 is 21.5. The third-order valence-corrected chi connectivity index (χ3v) is 12.2. The lowest BCUT2D eigenvalue weighted by Crippen LogP contribution is -2.09. The van der Waals surface area contributed by atoms with Gasteiger partial charge in [0.05, 0.1) is 13.8 Å². The van der Waals surface area contributed by atoms with Crippen LogP contribution < -0.4 is 4.90 Å². The first-order chi connectivity index (χ1) is 29.1. The van der Waals surface area contributed by atoms with Crippen LogP contribution in [-0.4, -0.2) is 4.57 Å². The van der Waals surface area contributed by atoms with Gasteiger partial charge < -0.3 is 9.47 Å². The fourth-order valence-corrected chi connectivity index (χ4v) is 9.46. The monoisotopic (exact) mass is 746 g/mol. The van der Waals surface area contributed by atoms with Crippen molar-refractivity contribution in [3.63, 3.8) is 0 Å². The summed E-state index contributed by atoms with van der Waals surface area (Å²) in [5.41, 5.74) is 13.4. The highest BCUT2D eigenvalue weighted by molar-refractivity contribution is 7.25. The fourth-order valence-electron chi connectivity index (χ4n) is 8.37. The minimum Gasteiger partial charge on any atom is -0.311 e. The maximum absolute atomic E-state index is 8.53. The van der Waals surface area contributed by atoms with E-state index < -0.39 is 0 Å². The van der Waals surface area contributed by atoms with Gasteiger partial charge in [-0.15, -0.1) is 11.3 Å². The minimum absolute atomic E-state index is 0.504. The average Bonchev–Trinajstić information content (AvgIpc) is 3.84. The molecule has 0 N–H and O–H groups in total. The largest absolute Gasteiger partial charge is 0.311 e. The summed E-state index contributed by atoms with van der Waals surface area (Å²) in [7, 11) is 0. The molecule has 0 saturated heterocycles. The van der Waals surface area contributed by atoms with E-state index >= 15 is 0 Å². The van der Waals surface area contributed by atoms with Crippen molar-refractivity contribution >= 4 is 70.4 Å². The van der Waals surface area contributed by atoms with Crippen molar-refractivity contribution in [2.75, 3.05) is 4.90 Å². The molecular formula is C54H36N2S. The predicted octanol–water partition coefficient (Wildman–Crippen LogP) is 15.6. The second-order valence-corrected chi connectivity index (χ2v) is 15.4. The predicted molar refractivity (Wildman–Crippen MR) is 245 cm³/mol. The topological polar surface area (TPSA) is 8.17 Å². The Labute approximate surface area is 338 Å². The molecule has 0 aliphatic heterocycles. The van der Waals surface area contributed by atoms with E-state index in [9.17, 15) is 0 Å². The summed E-state index contributed by atoms with van der Waals surface area (Å²) in [6.45, 7) is 0. The molecule has 0 saturated carbocycles. The molecule has 0 spiro atoms. The number of thiophene rings is 1. The molecule has 0 radical (unpaired) electrons. The molecule has 2 heterocycles. The Kier molecular flexibility index (Phi) is 7.53. The highest BCUT2D eigenvalue weighted by Crippen LogP contribution is 2.42. The molecule has 11 aromatic rings. The zero-order valence-corrected chi connectivity index (χ0v) is 31.7. The number of hydrogen-bond acceptors (Lipinski definition) is 2. The van der Waals surface area contributed by atoms with E-state index in [4.69, 9.17) is 2.74 Å². The number of hydrogen-bond donors (Lipinski definition) is 0. The summed E-state index contributed by atoms with van der Waals surface area (Å²) in [5.74, 6) is 0. The van der Waals surface area contributed by atoms with Crippen LogP contribution in [0.1, 0.15) is 2.74 Å². The molecule has 0 atom stereocenters. The second kappa shape index (κ2) is 13.8. The smallest absolute Gasteiger partial charge is 0.0638 e. The summed E-state index contributed by atoms with van der Waals surface area (Å²) in [6, 6.07) is 73.7. The standard InChI is InChI=1S/C54H36N2S/c1-3-12-37(13-4-1)38-22-29-43(30-23-38)55(45-33-26-40(27-34-45)46-18-11-21-53-54(46)48-17-8-10-20-52(48)57-53)44-31-24-39(25-32-44)41-28-35-51-49(36-41)47-16-7-9-19-50(47)56(51)42-14-5-2-6-15-42/h1-36H/i7D,20D. The van der Waals surface area contributed by atoms with E-state index in [0.717, 1.165) is 71.3 Å². The van der Waals surface area contributed by atoms with Crippen LogP contribution in [-0.2, 0) is 0 Å². The van der Waals surface area contributed by atoms with Crippen LogP contribution >= 0.6 is 11.3 Å². The van der Waals surface area contributed by atoms with Crippen molar-refractivity contribution in [1.29, 1.82) is 0 Å². The van der Waals surface area contributed by atoms with Gasteiger partial charge in [-0.05, 0) is 112 Å². The molecule has 3 heteroatoms. The first-order valence-corrected chi connectivity index (χ1v) is 20.1. The van der Waals surface area contributed by atoms with Crippen LogP contribution in [0.25, 0.3) is 81.0 Å². The Morgan fingerprint density at radius 2 is 1.00 bits per heavy atom. The van der Waals surface area contributed by atoms with Gasteiger partial charge >= 0.3 is 0 Å². The van der Waals surface area contributed by atoms with E-state index in [0.29, 0.717) is 12.1 Å². The van der Waals surface area contributed by atoms with Crippen molar-refractivity contribution < 1.29 is 2.74 Å². The minimum atomic E-state index is 0.504. The third kappa shape index (κ3) is 5.80. The Balaban J connectivity index is 0.992. The van der Waals surface area contributed by atoms with Gasteiger partial charge in [-0.3, -0.25) is 0 Å². The molecule has 268 valence electrons. The van der Waals surface area contributed by atoms with E-state index in [1.165, 1.54) is 26.8 Å². The van der Waals surface area contributed by atoms with Crippen molar-refractivity contribution in [3.05, 3.63) is 218 Å². The molecule has 11 rings (SSSR count). The normalized spacial score (nSPS) is 12.0. The summed E-state index contributed by atoms with van der Waals surface area (Å²) in [6.07, 6.45) is 0. The van der Waals surface area contributed by atoms with E-state index in [2.05, 4.69) is 185 Å². The van der Waals surface area contributed by atoms with Gasteiger partial charge in [0.2, 0.25) is 0 Å². The number of rotatable bonds is 7. The maximum Gasteiger partial charge on any atom is 0.0638 e. The quantitative estimate of drug-likeness (QED) is 0.158. The fraction of sp³-hybridized carbons (Fsp3) is 0. The Morgan fingerprint density at radius 3 is 1.72 bits per heavy atom. The zero-order valence-electron chi connectivity index (χ0n) is 32.9. The van der Waals surface area contributed by atoms with Gasteiger partial charge in [0.15, 0.2) is 0 Å². The zero-order chi connectivity index (χ0) is 39.5. The number of fused-ring (bicyclic) bond motifs is 6. The first kappa shape index (κ1) is 31.1. The van der Waals surface area contributed by atoms with Gasteiger partial charge in [-0.1, -0.05) is 140 Å². The lowest BCUT2D eigenvalue weighted by Gasteiger charge is -2.26. The highest BCUT2D eigenvalue weighted by Gasteiger charge is 2.17. The molecule has 0 amide bonds. The van der Waals surface area contributed by atoms with Crippen molar-refractivity contribution in [2.45, 2.75) is 0 Å².